The van der Waals surface area contributed by atoms with Crippen molar-refractivity contribution in [1.82, 2.24) is 10.2 Å². The summed E-state index contributed by atoms with van der Waals surface area (Å²) in [4.78, 5) is 0. The molecular weight excluding hydrogens is 276 g/mol. The molecule has 2 aromatic rings. The molecule has 0 fully saturated rings. The average molecular weight is 294 g/mol. The maximum Gasteiger partial charge on any atom is 0.281 e. The summed E-state index contributed by atoms with van der Waals surface area (Å²) in [5.41, 5.74) is 8.63. The number of benzene rings is 1. The van der Waals surface area contributed by atoms with E-state index in [9.17, 15) is 8.42 Å². The van der Waals surface area contributed by atoms with Crippen molar-refractivity contribution >= 4 is 15.7 Å². The lowest BCUT2D eigenvalue weighted by Gasteiger charge is -2.20. The first-order valence-corrected chi connectivity index (χ1v) is 7.60. The van der Waals surface area contributed by atoms with Crippen LogP contribution in [0.2, 0.25) is 0 Å². The van der Waals surface area contributed by atoms with E-state index in [0.29, 0.717) is 11.3 Å². The zero-order valence-corrected chi connectivity index (χ0v) is 12.5. The van der Waals surface area contributed by atoms with Gasteiger partial charge in [-0.15, -0.1) is 0 Å². The van der Waals surface area contributed by atoms with Gasteiger partial charge in [-0.05, 0) is 37.1 Å². The highest BCUT2D eigenvalue weighted by molar-refractivity contribution is 7.92. The number of H-pyrrole nitrogens is 1. The molecule has 0 radical (unpaired) electrons. The first-order chi connectivity index (χ1) is 9.36. The van der Waals surface area contributed by atoms with Crippen LogP contribution in [-0.2, 0) is 16.6 Å². The summed E-state index contributed by atoms with van der Waals surface area (Å²) in [6, 6.07) is 5.64. The standard InChI is InChI=1S/C13H18N4O2S/c1-9-4-10(2)6-12(5-9)17(3)20(18,19)13-11(7-14)8-15-16-13/h4-6,8H,7,14H2,1-3H3,(H,15,16). The molecule has 0 aliphatic heterocycles. The molecule has 2 rings (SSSR count). The first kappa shape index (κ1) is 14.5. The fourth-order valence-corrected chi connectivity index (χ4v) is 3.37. The molecule has 108 valence electrons. The molecule has 0 spiro atoms. The second-order valence-electron chi connectivity index (χ2n) is 4.75. The van der Waals surface area contributed by atoms with E-state index < -0.39 is 10.0 Å². The van der Waals surface area contributed by atoms with Crippen LogP contribution in [-0.4, -0.2) is 25.7 Å². The first-order valence-electron chi connectivity index (χ1n) is 6.16. The zero-order chi connectivity index (χ0) is 14.9. The largest absolute Gasteiger partial charge is 0.326 e. The van der Waals surface area contributed by atoms with Crippen LogP contribution in [0.25, 0.3) is 0 Å². The monoisotopic (exact) mass is 294 g/mol. The van der Waals surface area contributed by atoms with E-state index in [-0.39, 0.29) is 11.6 Å². The van der Waals surface area contributed by atoms with Gasteiger partial charge in [0.2, 0.25) is 0 Å². The molecule has 0 bridgehead atoms. The number of nitrogens with one attached hydrogen (secondary N) is 1. The number of nitrogens with two attached hydrogens (primary N) is 1. The molecule has 0 amide bonds. The molecule has 1 aromatic carbocycles. The molecule has 0 saturated heterocycles. The van der Waals surface area contributed by atoms with Crippen LogP contribution < -0.4 is 10.0 Å². The topological polar surface area (TPSA) is 92.1 Å². The van der Waals surface area contributed by atoms with Crippen LogP contribution in [0.1, 0.15) is 16.7 Å². The van der Waals surface area contributed by atoms with Crippen LogP contribution >= 0.6 is 0 Å². The Morgan fingerprint density at radius 2 is 1.85 bits per heavy atom. The summed E-state index contributed by atoms with van der Waals surface area (Å²) in [6.07, 6.45) is 1.43. The summed E-state index contributed by atoms with van der Waals surface area (Å²) < 4.78 is 26.4. The van der Waals surface area contributed by atoms with Gasteiger partial charge < -0.3 is 5.73 Å². The molecular formula is C13H18N4O2S. The van der Waals surface area contributed by atoms with Gasteiger partial charge in [0.05, 0.1) is 11.9 Å². The number of rotatable bonds is 4. The van der Waals surface area contributed by atoms with E-state index in [1.54, 1.807) is 0 Å². The minimum atomic E-state index is -3.69. The number of aromatic amines is 1. The molecule has 1 aromatic heterocycles. The van der Waals surface area contributed by atoms with Crippen LogP contribution in [0, 0.1) is 13.8 Å². The van der Waals surface area contributed by atoms with Crippen molar-refractivity contribution in [3.05, 3.63) is 41.1 Å². The number of sulfonamides is 1. The predicted molar refractivity (Wildman–Crippen MR) is 78.0 cm³/mol. The van der Waals surface area contributed by atoms with Gasteiger partial charge >= 0.3 is 0 Å². The van der Waals surface area contributed by atoms with Gasteiger partial charge in [0.25, 0.3) is 10.0 Å². The summed E-state index contributed by atoms with van der Waals surface area (Å²) in [5.74, 6) is 0. The highest BCUT2D eigenvalue weighted by Crippen LogP contribution is 2.24. The fraction of sp³-hybridized carbons (Fsp3) is 0.308. The summed E-state index contributed by atoms with van der Waals surface area (Å²) in [7, 11) is -2.17. The minimum Gasteiger partial charge on any atom is -0.326 e. The van der Waals surface area contributed by atoms with Crippen molar-refractivity contribution in [3.8, 4) is 0 Å². The molecule has 3 N–H and O–H groups in total. The molecule has 0 aliphatic rings. The Kier molecular flexibility index (Phi) is 3.82. The smallest absolute Gasteiger partial charge is 0.281 e. The Hall–Kier alpha value is -1.86. The minimum absolute atomic E-state index is 0.0432. The summed E-state index contributed by atoms with van der Waals surface area (Å²) >= 11 is 0. The molecule has 0 saturated carbocycles. The van der Waals surface area contributed by atoms with Crippen molar-refractivity contribution in [2.75, 3.05) is 11.4 Å². The van der Waals surface area contributed by atoms with Crippen LogP contribution in [0.4, 0.5) is 5.69 Å². The Labute approximate surface area is 118 Å². The number of aryl methyl sites for hydroxylation is 2. The van der Waals surface area contributed by atoms with Gasteiger partial charge in [-0.3, -0.25) is 9.40 Å². The number of hydrogen-bond donors (Lipinski definition) is 2. The highest BCUT2D eigenvalue weighted by atomic mass is 32.2. The van der Waals surface area contributed by atoms with E-state index in [0.717, 1.165) is 11.1 Å². The van der Waals surface area contributed by atoms with Gasteiger partial charge in [0, 0.05) is 19.2 Å². The van der Waals surface area contributed by atoms with E-state index in [1.165, 1.54) is 17.5 Å². The molecule has 6 nitrogen and oxygen atoms in total. The normalized spacial score (nSPS) is 11.6. The Balaban J connectivity index is 2.49. The number of aromatic nitrogens is 2. The van der Waals surface area contributed by atoms with Crippen LogP contribution in [0.3, 0.4) is 0 Å². The van der Waals surface area contributed by atoms with Gasteiger partial charge in [0.15, 0.2) is 5.03 Å². The van der Waals surface area contributed by atoms with Crippen LogP contribution in [0.5, 0.6) is 0 Å². The van der Waals surface area contributed by atoms with Crippen molar-refractivity contribution in [1.29, 1.82) is 0 Å². The van der Waals surface area contributed by atoms with Crippen molar-refractivity contribution in [2.45, 2.75) is 25.4 Å². The molecule has 0 unspecified atom stereocenters. The number of anilines is 1. The van der Waals surface area contributed by atoms with Gasteiger partial charge in [0.1, 0.15) is 0 Å². The maximum absolute atomic E-state index is 12.6. The lowest BCUT2D eigenvalue weighted by molar-refractivity contribution is 0.589. The second-order valence-corrected chi connectivity index (χ2v) is 6.65. The van der Waals surface area contributed by atoms with Crippen molar-refractivity contribution in [3.63, 3.8) is 0 Å². The second kappa shape index (κ2) is 5.26. The third kappa shape index (κ3) is 2.54. The van der Waals surface area contributed by atoms with E-state index in [1.807, 2.05) is 32.0 Å². The molecule has 0 atom stereocenters. The molecule has 7 heteroatoms. The van der Waals surface area contributed by atoms with Crippen LogP contribution in [0.15, 0.2) is 29.4 Å². The number of hydrogen-bond acceptors (Lipinski definition) is 4. The SMILES string of the molecule is Cc1cc(C)cc(N(C)S(=O)(=O)c2[nH]ncc2CN)c1. The zero-order valence-electron chi connectivity index (χ0n) is 11.7. The van der Waals surface area contributed by atoms with Gasteiger partial charge in [-0.1, -0.05) is 6.07 Å². The Morgan fingerprint density at radius 1 is 1.25 bits per heavy atom. The fourth-order valence-electron chi connectivity index (χ4n) is 2.08. The Bertz CT molecular complexity index is 701. The summed E-state index contributed by atoms with van der Waals surface area (Å²) in [6.45, 7) is 3.97. The molecule has 20 heavy (non-hydrogen) atoms. The van der Waals surface area contributed by atoms with Gasteiger partial charge in [-0.25, -0.2) is 0 Å². The summed E-state index contributed by atoms with van der Waals surface area (Å²) in [5, 5.41) is 6.32. The maximum atomic E-state index is 12.6. The predicted octanol–water partition coefficient (Wildman–Crippen LogP) is 1.31. The third-order valence-corrected chi connectivity index (χ3v) is 4.89. The Morgan fingerprint density at radius 3 is 2.40 bits per heavy atom. The average Bonchev–Trinajstić information content (AvgIpc) is 2.85. The third-order valence-electron chi connectivity index (χ3n) is 3.09. The molecule has 0 aliphatic carbocycles. The van der Waals surface area contributed by atoms with Crippen molar-refractivity contribution < 1.29 is 8.42 Å². The van der Waals surface area contributed by atoms with E-state index in [2.05, 4.69) is 10.2 Å². The lowest BCUT2D eigenvalue weighted by atomic mass is 10.1. The highest BCUT2D eigenvalue weighted by Gasteiger charge is 2.26. The quantitative estimate of drug-likeness (QED) is 0.889. The van der Waals surface area contributed by atoms with E-state index >= 15 is 0 Å². The van der Waals surface area contributed by atoms with Crippen molar-refractivity contribution in [2.24, 2.45) is 5.73 Å². The van der Waals surface area contributed by atoms with Gasteiger partial charge in [-0.2, -0.15) is 13.5 Å². The lowest BCUT2D eigenvalue weighted by Crippen LogP contribution is -2.28. The number of nitrogens with zero attached hydrogens (tertiary/aromatic N) is 2. The molecule has 1 heterocycles. The van der Waals surface area contributed by atoms with E-state index in [4.69, 9.17) is 5.73 Å².